The van der Waals surface area contributed by atoms with E-state index in [1.165, 1.54) is 14.0 Å². The molecule has 92 valence electrons. The second-order valence-corrected chi connectivity index (χ2v) is 3.82. The number of nitro groups is 1. The number of hydrogen-bond donors (Lipinski definition) is 0. The number of esters is 1. The second kappa shape index (κ2) is 5.98. The van der Waals surface area contributed by atoms with Crippen LogP contribution in [0.15, 0.2) is 30.3 Å². The van der Waals surface area contributed by atoms with Crippen LogP contribution in [0, 0.1) is 10.1 Å². The van der Waals surface area contributed by atoms with E-state index in [9.17, 15) is 14.9 Å². The maximum atomic E-state index is 11.3. The van der Waals surface area contributed by atoms with Crippen molar-refractivity contribution in [2.24, 2.45) is 0 Å². The summed E-state index contributed by atoms with van der Waals surface area (Å²) in [6.45, 7) is 1.50. The van der Waals surface area contributed by atoms with Crippen molar-refractivity contribution in [1.82, 2.24) is 0 Å². The summed E-state index contributed by atoms with van der Waals surface area (Å²) in [4.78, 5) is 21.7. The van der Waals surface area contributed by atoms with Crippen LogP contribution < -0.4 is 0 Å². The molecule has 0 aliphatic rings. The van der Waals surface area contributed by atoms with Gasteiger partial charge in [-0.05, 0) is 5.56 Å². The quantitative estimate of drug-likeness (QED) is 0.446. The van der Waals surface area contributed by atoms with Crippen molar-refractivity contribution in [3.8, 4) is 0 Å². The minimum Gasteiger partial charge on any atom is -0.469 e. The Labute approximate surface area is 99.5 Å². The maximum Gasteiger partial charge on any atom is 0.306 e. The summed E-state index contributed by atoms with van der Waals surface area (Å²) in [6, 6.07) is 8.17. The Balaban J connectivity index is 2.94. The Morgan fingerprint density at radius 3 is 2.47 bits per heavy atom. The Bertz CT molecular complexity index is 391. The van der Waals surface area contributed by atoms with Gasteiger partial charge in [0.25, 0.3) is 0 Å². The minimum atomic E-state index is -0.823. The van der Waals surface area contributed by atoms with Crippen molar-refractivity contribution in [2.45, 2.75) is 25.3 Å². The second-order valence-electron chi connectivity index (χ2n) is 3.82. The fourth-order valence-corrected chi connectivity index (χ4v) is 1.68. The molecule has 1 unspecified atom stereocenters. The molecule has 0 aromatic heterocycles. The molecule has 0 amide bonds. The van der Waals surface area contributed by atoms with Gasteiger partial charge in [-0.1, -0.05) is 30.3 Å². The molecule has 1 aromatic rings. The first kappa shape index (κ1) is 13.2. The van der Waals surface area contributed by atoms with Crippen LogP contribution in [0.3, 0.4) is 0 Å². The summed E-state index contributed by atoms with van der Waals surface area (Å²) in [5, 5.41) is 10.8. The highest BCUT2D eigenvalue weighted by atomic mass is 16.6. The topological polar surface area (TPSA) is 69.4 Å². The molecule has 0 spiro atoms. The number of carbonyl (C=O) groups is 1. The Morgan fingerprint density at radius 2 is 2.00 bits per heavy atom. The molecule has 1 rings (SSSR count). The van der Waals surface area contributed by atoms with Crippen molar-refractivity contribution in [2.75, 3.05) is 7.11 Å². The minimum absolute atomic E-state index is 0.0165. The average molecular weight is 237 g/mol. The van der Waals surface area contributed by atoms with Gasteiger partial charge in [-0.25, -0.2) is 0 Å². The zero-order valence-electron chi connectivity index (χ0n) is 9.83. The lowest BCUT2D eigenvalue weighted by molar-refractivity contribution is -0.522. The monoisotopic (exact) mass is 237 g/mol. The average Bonchev–Trinajstić information content (AvgIpc) is 2.35. The Hall–Kier alpha value is -1.91. The fourth-order valence-electron chi connectivity index (χ4n) is 1.68. The van der Waals surface area contributed by atoms with Gasteiger partial charge in [-0.15, -0.1) is 0 Å². The predicted octanol–water partition coefficient (Wildman–Crippen LogP) is 2.00. The molecule has 0 radical (unpaired) electrons. The lowest BCUT2D eigenvalue weighted by atomic mass is 9.90. The highest BCUT2D eigenvalue weighted by Crippen LogP contribution is 2.25. The number of benzene rings is 1. The molecule has 2 atom stereocenters. The van der Waals surface area contributed by atoms with E-state index in [2.05, 4.69) is 4.74 Å². The normalized spacial score (nSPS) is 13.8. The third-order valence-corrected chi connectivity index (χ3v) is 2.76. The molecule has 5 heteroatoms. The lowest BCUT2D eigenvalue weighted by Crippen LogP contribution is -2.26. The van der Waals surface area contributed by atoms with Gasteiger partial charge in [0.1, 0.15) is 0 Å². The van der Waals surface area contributed by atoms with Gasteiger partial charge >= 0.3 is 5.97 Å². The third kappa shape index (κ3) is 3.55. The van der Waals surface area contributed by atoms with Crippen LogP contribution in [0.2, 0.25) is 0 Å². The van der Waals surface area contributed by atoms with Gasteiger partial charge in [0.05, 0.1) is 19.4 Å². The molecule has 0 saturated heterocycles. The van der Waals surface area contributed by atoms with E-state index >= 15 is 0 Å². The fraction of sp³-hybridized carbons (Fsp3) is 0.417. The first-order valence-electron chi connectivity index (χ1n) is 5.31. The Morgan fingerprint density at radius 1 is 1.41 bits per heavy atom. The summed E-state index contributed by atoms with van der Waals surface area (Å²) in [5.41, 5.74) is 0.780. The molecule has 0 N–H and O–H groups in total. The molecular formula is C12H15NO4. The van der Waals surface area contributed by atoms with Gasteiger partial charge in [0, 0.05) is 11.8 Å². The molecule has 5 nitrogen and oxygen atoms in total. The van der Waals surface area contributed by atoms with E-state index in [4.69, 9.17) is 0 Å². The van der Waals surface area contributed by atoms with Gasteiger partial charge < -0.3 is 4.74 Å². The van der Waals surface area contributed by atoms with Gasteiger partial charge in [0.15, 0.2) is 0 Å². The van der Waals surface area contributed by atoms with E-state index in [0.717, 1.165) is 5.56 Å². The molecule has 0 heterocycles. The Kier molecular flexibility index (Phi) is 4.63. The number of hydrogen-bond acceptors (Lipinski definition) is 4. The van der Waals surface area contributed by atoms with Crippen LogP contribution in [-0.2, 0) is 9.53 Å². The van der Waals surface area contributed by atoms with Crippen molar-refractivity contribution < 1.29 is 14.5 Å². The van der Waals surface area contributed by atoms with E-state index in [1.807, 2.05) is 6.07 Å². The van der Waals surface area contributed by atoms with Gasteiger partial charge in [-0.2, -0.15) is 0 Å². The van der Waals surface area contributed by atoms with Gasteiger partial charge in [0.2, 0.25) is 6.04 Å². The standard InChI is InChI=1S/C12H15NO4/c1-9(13(15)16)11(8-12(14)17-2)10-6-4-3-5-7-10/h3-7,9,11H,8H2,1-2H3/t9?,11-/m0/s1. The van der Waals surface area contributed by atoms with Crippen molar-refractivity contribution >= 4 is 5.97 Å². The first-order chi connectivity index (χ1) is 8.06. The number of rotatable bonds is 5. The van der Waals surface area contributed by atoms with Crippen LogP contribution in [0.1, 0.15) is 24.8 Å². The van der Waals surface area contributed by atoms with Crippen LogP contribution in [0.5, 0.6) is 0 Å². The zero-order chi connectivity index (χ0) is 12.8. The summed E-state index contributed by atoms with van der Waals surface area (Å²) >= 11 is 0. The molecule has 0 saturated carbocycles. The van der Waals surface area contributed by atoms with Crippen LogP contribution in [-0.4, -0.2) is 24.0 Å². The summed E-state index contributed by atoms with van der Waals surface area (Å²) < 4.78 is 4.57. The van der Waals surface area contributed by atoms with Crippen LogP contribution in [0.4, 0.5) is 0 Å². The lowest BCUT2D eigenvalue weighted by Gasteiger charge is -2.17. The number of nitrogens with zero attached hydrogens (tertiary/aromatic N) is 1. The first-order valence-corrected chi connectivity index (χ1v) is 5.31. The summed E-state index contributed by atoms with van der Waals surface area (Å²) in [7, 11) is 1.28. The van der Waals surface area contributed by atoms with E-state index in [1.54, 1.807) is 24.3 Å². The maximum absolute atomic E-state index is 11.3. The molecular weight excluding hydrogens is 222 g/mol. The van der Waals surface area contributed by atoms with Crippen molar-refractivity contribution in [3.05, 3.63) is 46.0 Å². The number of ether oxygens (including phenoxy) is 1. The highest BCUT2D eigenvalue weighted by Gasteiger charge is 2.30. The highest BCUT2D eigenvalue weighted by molar-refractivity contribution is 5.70. The molecule has 1 aromatic carbocycles. The van der Waals surface area contributed by atoms with Crippen molar-refractivity contribution in [1.29, 1.82) is 0 Å². The van der Waals surface area contributed by atoms with Crippen LogP contribution >= 0.6 is 0 Å². The SMILES string of the molecule is COC(=O)C[C@H](c1ccccc1)C(C)[N+](=O)[O-]. The molecule has 17 heavy (non-hydrogen) atoms. The smallest absolute Gasteiger partial charge is 0.306 e. The molecule has 0 bridgehead atoms. The zero-order valence-corrected chi connectivity index (χ0v) is 9.83. The number of methoxy groups -OCH3 is 1. The summed E-state index contributed by atoms with van der Waals surface area (Å²) in [6.07, 6.45) is 0.0165. The van der Waals surface area contributed by atoms with E-state index in [0.29, 0.717) is 0 Å². The molecule has 0 aliphatic carbocycles. The van der Waals surface area contributed by atoms with E-state index in [-0.39, 0.29) is 11.3 Å². The van der Waals surface area contributed by atoms with Gasteiger partial charge in [-0.3, -0.25) is 14.9 Å². The van der Waals surface area contributed by atoms with Crippen molar-refractivity contribution in [3.63, 3.8) is 0 Å². The molecule has 0 aliphatic heterocycles. The summed E-state index contributed by atoms with van der Waals surface area (Å²) in [5.74, 6) is -0.897. The van der Waals surface area contributed by atoms with Crippen LogP contribution in [0.25, 0.3) is 0 Å². The largest absolute Gasteiger partial charge is 0.469 e. The third-order valence-electron chi connectivity index (χ3n) is 2.76. The molecule has 0 fully saturated rings. The van der Waals surface area contributed by atoms with E-state index < -0.39 is 17.9 Å². The number of carbonyl (C=O) groups excluding carboxylic acids is 1. The predicted molar refractivity (Wildman–Crippen MR) is 62.3 cm³/mol.